The fraction of sp³-hybridized carbons (Fsp3) is 0.0455. The van der Waals surface area contributed by atoms with Crippen LogP contribution in [0.1, 0.15) is 16.8 Å². The van der Waals surface area contributed by atoms with Gasteiger partial charge in [0.25, 0.3) is 11.7 Å². The Morgan fingerprint density at radius 1 is 1.19 bits per heavy atom. The zero-order chi connectivity index (χ0) is 22.1. The lowest BCUT2D eigenvalue weighted by Crippen LogP contribution is -2.23. The van der Waals surface area contributed by atoms with Crippen LogP contribution in [-0.4, -0.2) is 26.3 Å². The summed E-state index contributed by atoms with van der Waals surface area (Å²) in [5.41, 5.74) is 1.53. The number of benzene rings is 1. The quantitative estimate of drug-likeness (QED) is 0.398. The van der Waals surface area contributed by atoms with Crippen LogP contribution in [0.5, 0.6) is 5.75 Å². The van der Waals surface area contributed by atoms with Crippen molar-refractivity contribution in [2.24, 2.45) is 0 Å². The first-order valence-electron chi connectivity index (χ1n) is 9.06. The van der Waals surface area contributed by atoms with Gasteiger partial charge in [0.15, 0.2) is 0 Å². The molecule has 6 nitrogen and oxygen atoms in total. The molecule has 2 heterocycles. The van der Waals surface area contributed by atoms with Crippen LogP contribution in [-0.2, 0) is 4.79 Å². The van der Waals surface area contributed by atoms with Crippen LogP contribution in [0.15, 0.2) is 66.4 Å². The monoisotopic (exact) mass is 457 g/mol. The summed E-state index contributed by atoms with van der Waals surface area (Å²) in [7, 11) is 0. The molecule has 0 fully saturated rings. The number of carbonyl (C=O) groups is 2. The number of ketones is 1. The third-order valence-electron chi connectivity index (χ3n) is 4.65. The van der Waals surface area contributed by atoms with E-state index in [0.717, 1.165) is 5.57 Å². The molecule has 31 heavy (non-hydrogen) atoms. The van der Waals surface area contributed by atoms with Gasteiger partial charge in [-0.3, -0.25) is 14.6 Å². The molecule has 3 aromatic rings. The molecule has 1 aromatic carbocycles. The van der Waals surface area contributed by atoms with Crippen molar-refractivity contribution < 1.29 is 19.1 Å². The number of phenols is 1. The van der Waals surface area contributed by atoms with Gasteiger partial charge in [0.1, 0.15) is 11.6 Å². The van der Waals surface area contributed by atoms with E-state index in [4.69, 9.17) is 23.2 Å². The molecule has 156 valence electrons. The Hall–Kier alpha value is -3.42. The molecule has 0 saturated carbocycles. The van der Waals surface area contributed by atoms with Gasteiger partial charge < -0.3 is 15.0 Å². The lowest BCUT2D eigenvalue weighted by atomic mass is 10.1. The van der Waals surface area contributed by atoms with Crippen LogP contribution in [0.25, 0.3) is 17.1 Å². The van der Waals surface area contributed by atoms with Gasteiger partial charge in [-0.25, -0.2) is 4.39 Å². The van der Waals surface area contributed by atoms with Crippen LogP contribution >= 0.6 is 23.2 Å². The minimum Gasteiger partial charge on any atom is -0.508 e. The number of nitrogens with one attached hydrogen (secondary N) is 1. The van der Waals surface area contributed by atoms with Gasteiger partial charge in [0.2, 0.25) is 0 Å². The fourth-order valence-corrected chi connectivity index (χ4v) is 3.63. The van der Waals surface area contributed by atoms with Crippen molar-refractivity contribution >= 4 is 57.7 Å². The number of Topliss-reactive ketones (excluding diaryl/α,β-unsaturated/α-hetero) is 1. The van der Waals surface area contributed by atoms with E-state index in [1.165, 1.54) is 42.9 Å². The van der Waals surface area contributed by atoms with Gasteiger partial charge in [-0.05, 0) is 42.3 Å². The smallest absolute Gasteiger partial charge is 0.296 e. The number of halogens is 3. The highest BCUT2D eigenvalue weighted by Crippen LogP contribution is 2.30. The van der Waals surface area contributed by atoms with Gasteiger partial charge in [-0.2, -0.15) is 0 Å². The molecule has 2 aromatic heterocycles. The zero-order valence-corrected chi connectivity index (χ0v) is 17.3. The lowest BCUT2D eigenvalue weighted by Gasteiger charge is -2.07. The largest absolute Gasteiger partial charge is 0.508 e. The minimum atomic E-state index is -0.951. The molecule has 0 spiro atoms. The summed E-state index contributed by atoms with van der Waals surface area (Å²) in [6.45, 7) is 0. The van der Waals surface area contributed by atoms with Crippen molar-refractivity contribution in [1.29, 1.82) is 0 Å². The number of anilines is 1. The maximum absolute atomic E-state index is 13.2. The van der Waals surface area contributed by atoms with E-state index in [0.29, 0.717) is 17.3 Å². The predicted octanol–water partition coefficient (Wildman–Crippen LogP) is 5.52. The molecule has 0 aliphatic heterocycles. The second kappa shape index (κ2) is 8.37. The van der Waals surface area contributed by atoms with E-state index in [9.17, 15) is 19.1 Å². The Morgan fingerprint density at radius 2 is 1.94 bits per heavy atom. The summed E-state index contributed by atoms with van der Waals surface area (Å²) in [6.07, 6.45) is 10.6. The molecule has 1 amide bonds. The van der Waals surface area contributed by atoms with Crippen LogP contribution in [0.2, 0.25) is 10.0 Å². The van der Waals surface area contributed by atoms with E-state index < -0.39 is 11.7 Å². The van der Waals surface area contributed by atoms with Crippen molar-refractivity contribution in [3.05, 3.63) is 82.0 Å². The predicted molar refractivity (Wildman–Crippen MR) is 118 cm³/mol. The second-order valence-corrected chi connectivity index (χ2v) is 7.56. The number of nitrogens with zero attached hydrogens (tertiary/aromatic N) is 2. The molecule has 0 atom stereocenters. The average Bonchev–Trinajstić information content (AvgIpc) is 3.09. The second-order valence-electron chi connectivity index (χ2n) is 6.74. The molecule has 2 N–H and O–H groups in total. The maximum atomic E-state index is 13.2. The molecule has 0 bridgehead atoms. The number of aromatic hydroxyl groups is 1. The van der Waals surface area contributed by atoms with Crippen LogP contribution < -0.4 is 5.32 Å². The first-order valence-corrected chi connectivity index (χ1v) is 9.82. The molecule has 0 unspecified atom stereocenters. The summed E-state index contributed by atoms with van der Waals surface area (Å²) in [5.74, 6) is -2.18. The number of carbonyl (C=O) groups excluding carboxylic acids is 2. The number of amides is 1. The standard InChI is InChI=1S/C22H14Cl2FN3O3/c23-17-8-26-9-18(24)20(17)27-22(31)21(30)16-11-28(10-12-1-3-13(25)4-2-12)19-6-5-14(29)7-15(16)19/h1,3-11,29H,2H2,(H,26,27,31)/b12-10-. The summed E-state index contributed by atoms with van der Waals surface area (Å²) in [5, 5.41) is 12.9. The Balaban J connectivity index is 1.72. The van der Waals surface area contributed by atoms with Crippen molar-refractivity contribution in [1.82, 2.24) is 9.55 Å². The number of hydrogen-bond acceptors (Lipinski definition) is 4. The number of fused-ring (bicyclic) bond motifs is 1. The van der Waals surface area contributed by atoms with Crippen LogP contribution in [0.3, 0.4) is 0 Å². The van der Waals surface area contributed by atoms with E-state index in [1.54, 1.807) is 22.9 Å². The normalized spacial score (nSPS) is 14.7. The molecule has 0 saturated heterocycles. The zero-order valence-electron chi connectivity index (χ0n) is 15.8. The van der Waals surface area contributed by atoms with Gasteiger partial charge >= 0.3 is 0 Å². The number of allylic oxidation sites excluding steroid dienone is 5. The Kier molecular flexibility index (Phi) is 5.63. The SMILES string of the molecule is O=C(Nc1c(Cl)cncc1Cl)C(=O)c1cn(/C=C2/C=CC(F)=CC2)c2ccc(O)cc12. The van der Waals surface area contributed by atoms with E-state index in [1.807, 2.05) is 0 Å². The van der Waals surface area contributed by atoms with E-state index >= 15 is 0 Å². The number of aromatic nitrogens is 2. The Labute approximate surface area is 185 Å². The highest BCUT2D eigenvalue weighted by Gasteiger charge is 2.23. The van der Waals surface area contributed by atoms with Gasteiger partial charge in [0.05, 0.1) is 26.8 Å². The number of hydrogen-bond donors (Lipinski definition) is 2. The van der Waals surface area contributed by atoms with Crippen molar-refractivity contribution in [3.8, 4) is 5.75 Å². The summed E-state index contributed by atoms with van der Waals surface area (Å²) < 4.78 is 14.9. The van der Waals surface area contributed by atoms with Gasteiger partial charge in [-0.1, -0.05) is 29.3 Å². The summed E-state index contributed by atoms with van der Waals surface area (Å²) in [4.78, 5) is 29.4. The molecular weight excluding hydrogens is 444 g/mol. The number of pyridine rings is 1. The highest BCUT2D eigenvalue weighted by molar-refractivity contribution is 6.50. The fourth-order valence-electron chi connectivity index (χ4n) is 3.17. The minimum absolute atomic E-state index is 0.0600. The van der Waals surface area contributed by atoms with E-state index in [2.05, 4.69) is 10.3 Å². The van der Waals surface area contributed by atoms with Gasteiger partial charge in [0, 0.05) is 30.2 Å². The van der Waals surface area contributed by atoms with Crippen LogP contribution in [0.4, 0.5) is 10.1 Å². The molecule has 9 heteroatoms. The summed E-state index contributed by atoms with van der Waals surface area (Å²) >= 11 is 12.0. The topological polar surface area (TPSA) is 84.2 Å². The first-order chi connectivity index (χ1) is 14.8. The Morgan fingerprint density at radius 3 is 2.61 bits per heavy atom. The van der Waals surface area contributed by atoms with Crippen LogP contribution in [0, 0.1) is 0 Å². The maximum Gasteiger partial charge on any atom is 0.296 e. The number of rotatable bonds is 4. The van der Waals surface area contributed by atoms with E-state index in [-0.39, 0.29) is 32.9 Å². The molecule has 1 aliphatic carbocycles. The van der Waals surface area contributed by atoms with Gasteiger partial charge in [-0.15, -0.1) is 0 Å². The van der Waals surface area contributed by atoms with Crippen molar-refractivity contribution in [2.45, 2.75) is 6.42 Å². The Bertz CT molecular complexity index is 1300. The first kappa shape index (κ1) is 20.8. The molecule has 1 aliphatic rings. The van der Waals surface area contributed by atoms with Crippen molar-refractivity contribution in [2.75, 3.05) is 5.32 Å². The number of phenolic OH excluding ortho intramolecular Hbond substituents is 1. The molecule has 4 rings (SSSR count). The molecular formula is C22H14Cl2FN3O3. The third-order valence-corrected chi connectivity index (χ3v) is 5.23. The van der Waals surface area contributed by atoms with Crippen molar-refractivity contribution in [3.63, 3.8) is 0 Å². The third kappa shape index (κ3) is 4.23. The molecule has 0 radical (unpaired) electrons. The average molecular weight is 458 g/mol. The lowest BCUT2D eigenvalue weighted by molar-refractivity contribution is -0.112. The summed E-state index contributed by atoms with van der Waals surface area (Å²) in [6, 6.07) is 4.49. The highest BCUT2D eigenvalue weighted by atomic mass is 35.5.